The second-order valence-corrected chi connectivity index (χ2v) is 9.57. The van der Waals surface area contributed by atoms with Crippen LogP contribution in [0.3, 0.4) is 0 Å². The zero-order valence-electron chi connectivity index (χ0n) is 18.1. The van der Waals surface area contributed by atoms with Crippen molar-refractivity contribution in [3.8, 4) is 5.75 Å². The van der Waals surface area contributed by atoms with E-state index in [9.17, 15) is 13.9 Å². The summed E-state index contributed by atoms with van der Waals surface area (Å²) in [5.74, 6) is 0.898. The average molecular weight is 423 g/mol. The molecule has 1 aliphatic heterocycles. The third-order valence-corrected chi connectivity index (χ3v) is 8.01. The fourth-order valence-electron chi connectivity index (χ4n) is 6.33. The first-order chi connectivity index (χ1) is 14.6. The third-order valence-electron chi connectivity index (χ3n) is 8.01. The van der Waals surface area contributed by atoms with Crippen LogP contribution in [0.25, 0.3) is 0 Å². The smallest absolute Gasteiger partial charge is 0.200 e. The van der Waals surface area contributed by atoms with Crippen LogP contribution in [0.2, 0.25) is 0 Å². The molecule has 1 N–H and O–H groups in total. The number of ether oxygens (including phenoxy) is 2. The molecule has 3 aliphatic rings. The second-order valence-electron chi connectivity index (χ2n) is 9.57. The third kappa shape index (κ3) is 4.67. The van der Waals surface area contributed by atoms with Gasteiger partial charge < -0.3 is 14.6 Å². The number of halogens is 2. The van der Waals surface area contributed by atoms with Crippen LogP contribution in [0.5, 0.6) is 5.75 Å². The van der Waals surface area contributed by atoms with Gasteiger partial charge in [-0.1, -0.05) is 6.07 Å². The molecule has 2 atom stereocenters. The van der Waals surface area contributed by atoms with E-state index < -0.39 is 17.9 Å². The highest BCUT2D eigenvalue weighted by Crippen LogP contribution is 2.46. The Morgan fingerprint density at radius 1 is 0.900 bits per heavy atom. The molecule has 0 radical (unpaired) electrons. The lowest BCUT2D eigenvalue weighted by Crippen LogP contribution is -2.37. The van der Waals surface area contributed by atoms with Gasteiger partial charge in [0, 0.05) is 12.5 Å². The Morgan fingerprint density at radius 3 is 2.17 bits per heavy atom. The molecule has 1 aromatic rings. The Labute approximate surface area is 179 Å². The maximum absolute atomic E-state index is 14.6. The molecule has 3 nitrogen and oxygen atoms in total. The lowest BCUT2D eigenvalue weighted by atomic mass is 9.66. The molecule has 5 heteroatoms. The quantitative estimate of drug-likeness (QED) is 0.615. The van der Waals surface area contributed by atoms with E-state index in [1.54, 1.807) is 19.1 Å². The van der Waals surface area contributed by atoms with E-state index in [2.05, 4.69) is 0 Å². The summed E-state index contributed by atoms with van der Waals surface area (Å²) in [5, 5.41) is 10.2. The van der Waals surface area contributed by atoms with E-state index >= 15 is 0 Å². The summed E-state index contributed by atoms with van der Waals surface area (Å²) in [6.45, 7) is 2.79. The lowest BCUT2D eigenvalue weighted by Gasteiger charge is -2.41. The molecule has 3 fully saturated rings. The van der Waals surface area contributed by atoms with Crippen molar-refractivity contribution in [1.29, 1.82) is 0 Å². The highest BCUT2D eigenvalue weighted by Gasteiger charge is 2.37. The standard InChI is InChI=1S/C25H36F2O3/c1-2-29-22-14-13-20(23(26)24(22)27)18-9-5-16(6-10-18)17-7-11-19(12-8-17)21-4-3-15-30-25(21)28/h13-14,16-19,21,25,28H,2-12,15H2,1H3. The van der Waals surface area contributed by atoms with Gasteiger partial charge >= 0.3 is 0 Å². The molecule has 2 unspecified atom stereocenters. The minimum absolute atomic E-state index is 0.0117. The van der Waals surface area contributed by atoms with Crippen LogP contribution < -0.4 is 4.74 Å². The Hall–Kier alpha value is -1.20. The van der Waals surface area contributed by atoms with Gasteiger partial charge in [-0.2, -0.15) is 4.39 Å². The number of aliphatic hydroxyl groups is 1. The maximum atomic E-state index is 14.6. The van der Waals surface area contributed by atoms with Crippen LogP contribution in [0.15, 0.2) is 12.1 Å². The predicted molar refractivity (Wildman–Crippen MR) is 112 cm³/mol. The molecular weight excluding hydrogens is 386 g/mol. The lowest BCUT2D eigenvalue weighted by molar-refractivity contribution is -0.175. The van der Waals surface area contributed by atoms with Crippen LogP contribution in [0, 0.1) is 35.3 Å². The summed E-state index contributed by atoms with van der Waals surface area (Å²) in [5.41, 5.74) is 0.518. The number of rotatable bonds is 5. The van der Waals surface area contributed by atoms with Crippen LogP contribution in [-0.4, -0.2) is 24.6 Å². The van der Waals surface area contributed by atoms with Crippen molar-refractivity contribution in [2.75, 3.05) is 13.2 Å². The minimum Gasteiger partial charge on any atom is -0.491 e. The Bertz CT molecular complexity index is 694. The summed E-state index contributed by atoms with van der Waals surface area (Å²) >= 11 is 0. The maximum Gasteiger partial charge on any atom is 0.200 e. The fourth-order valence-corrected chi connectivity index (χ4v) is 6.33. The molecule has 1 heterocycles. The molecule has 0 amide bonds. The van der Waals surface area contributed by atoms with Crippen molar-refractivity contribution in [1.82, 2.24) is 0 Å². The van der Waals surface area contributed by atoms with Gasteiger partial charge in [-0.25, -0.2) is 4.39 Å². The summed E-state index contributed by atoms with van der Waals surface area (Å²) in [4.78, 5) is 0. The van der Waals surface area contributed by atoms with Crippen molar-refractivity contribution in [2.45, 2.75) is 83.3 Å². The van der Waals surface area contributed by atoms with Crippen molar-refractivity contribution >= 4 is 0 Å². The van der Waals surface area contributed by atoms with Gasteiger partial charge in [-0.3, -0.25) is 0 Å². The van der Waals surface area contributed by atoms with Crippen molar-refractivity contribution < 1.29 is 23.4 Å². The molecule has 0 bridgehead atoms. The average Bonchev–Trinajstić information content (AvgIpc) is 2.78. The van der Waals surface area contributed by atoms with Crippen molar-refractivity contribution in [3.63, 3.8) is 0 Å². The van der Waals surface area contributed by atoms with Gasteiger partial charge in [-0.15, -0.1) is 0 Å². The Balaban J connectivity index is 1.29. The van der Waals surface area contributed by atoms with Gasteiger partial charge in [0.05, 0.1) is 6.61 Å². The normalized spacial score (nSPS) is 35.2. The first-order valence-electron chi connectivity index (χ1n) is 12.0. The Kier molecular flexibility index (Phi) is 7.30. The molecule has 1 saturated heterocycles. The van der Waals surface area contributed by atoms with E-state index in [-0.39, 0.29) is 11.7 Å². The zero-order valence-corrected chi connectivity index (χ0v) is 18.1. The van der Waals surface area contributed by atoms with Crippen LogP contribution >= 0.6 is 0 Å². The molecule has 1 aromatic carbocycles. The SMILES string of the molecule is CCOc1ccc(C2CCC(C3CCC(C4CCCOC4O)CC3)CC2)c(F)c1F. The van der Waals surface area contributed by atoms with Gasteiger partial charge in [0.25, 0.3) is 0 Å². The van der Waals surface area contributed by atoms with Gasteiger partial charge in [0.15, 0.2) is 17.9 Å². The highest BCUT2D eigenvalue weighted by molar-refractivity contribution is 5.33. The zero-order chi connectivity index (χ0) is 21.1. The summed E-state index contributed by atoms with van der Waals surface area (Å²) in [6.07, 6.45) is 10.5. The molecule has 168 valence electrons. The summed E-state index contributed by atoms with van der Waals surface area (Å²) < 4.78 is 39.5. The molecule has 4 rings (SSSR count). The second kappa shape index (κ2) is 9.95. The van der Waals surface area contributed by atoms with Crippen LogP contribution in [-0.2, 0) is 4.74 Å². The molecule has 0 aromatic heterocycles. The van der Waals surface area contributed by atoms with Crippen molar-refractivity contribution in [3.05, 3.63) is 29.3 Å². The molecule has 0 spiro atoms. The predicted octanol–water partition coefficient (Wildman–Crippen LogP) is 6.19. The molecule has 30 heavy (non-hydrogen) atoms. The summed E-state index contributed by atoms with van der Waals surface area (Å²) in [6, 6.07) is 3.30. The molecule has 2 aliphatic carbocycles. The highest BCUT2D eigenvalue weighted by atomic mass is 19.2. The first-order valence-corrected chi connectivity index (χ1v) is 12.0. The van der Waals surface area contributed by atoms with Crippen LogP contribution in [0.1, 0.15) is 82.6 Å². The van der Waals surface area contributed by atoms with Gasteiger partial charge in [0.2, 0.25) is 5.82 Å². The van der Waals surface area contributed by atoms with E-state index in [0.717, 1.165) is 44.4 Å². The van der Waals surface area contributed by atoms with E-state index in [1.165, 1.54) is 25.7 Å². The number of benzene rings is 1. The van der Waals surface area contributed by atoms with E-state index in [1.807, 2.05) is 0 Å². The fraction of sp³-hybridized carbons (Fsp3) is 0.760. The van der Waals surface area contributed by atoms with E-state index in [0.29, 0.717) is 36.5 Å². The number of hydrogen-bond donors (Lipinski definition) is 1. The van der Waals surface area contributed by atoms with Gasteiger partial charge in [0.1, 0.15) is 0 Å². The van der Waals surface area contributed by atoms with Crippen molar-refractivity contribution in [2.24, 2.45) is 23.7 Å². The van der Waals surface area contributed by atoms with Gasteiger partial charge in [-0.05, 0) is 106 Å². The molecular formula is C25H36F2O3. The van der Waals surface area contributed by atoms with E-state index in [4.69, 9.17) is 9.47 Å². The number of aliphatic hydroxyl groups excluding tert-OH is 1. The topological polar surface area (TPSA) is 38.7 Å². The Morgan fingerprint density at radius 2 is 1.53 bits per heavy atom. The monoisotopic (exact) mass is 422 g/mol. The minimum atomic E-state index is -0.844. The summed E-state index contributed by atoms with van der Waals surface area (Å²) in [7, 11) is 0. The first kappa shape index (κ1) is 22.0. The number of hydrogen-bond acceptors (Lipinski definition) is 3. The van der Waals surface area contributed by atoms with Crippen LogP contribution in [0.4, 0.5) is 8.78 Å². The largest absolute Gasteiger partial charge is 0.491 e. The molecule has 2 saturated carbocycles.